The molecule has 0 radical (unpaired) electrons. The standard InChI is InChI=1S/C18H20F3N3O2/c19-18(20,21)17(26)8-11-24(12-9-17)16(25)22-10-7-14-6-5-13-3-1-2-4-15(13)23-14/h1-6,26H,7-12H2,(H,22,25). The van der Waals surface area contributed by atoms with Crippen LogP contribution in [0.1, 0.15) is 18.5 Å². The van der Waals surface area contributed by atoms with Crippen molar-refractivity contribution >= 4 is 16.9 Å². The molecule has 0 saturated carbocycles. The number of nitrogens with zero attached hydrogens (tertiary/aromatic N) is 2. The summed E-state index contributed by atoms with van der Waals surface area (Å²) in [6.07, 6.45) is -5.15. The van der Waals surface area contributed by atoms with Gasteiger partial charge in [-0.15, -0.1) is 0 Å². The maximum atomic E-state index is 12.8. The number of aromatic nitrogens is 1. The van der Waals surface area contributed by atoms with Crippen LogP contribution in [0.25, 0.3) is 10.9 Å². The molecule has 0 unspecified atom stereocenters. The van der Waals surface area contributed by atoms with Gasteiger partial charge in [0.15, 0.2) is 5.60 Å². The number of fused-ring (bicyclic) bond motifs is 1. The molecule has 5 nitrogen and oxygen atoms in total. The highest BCUT2D eigenvalue weighted by Gasteiger charge is 2.54. The zero-order valence-electron chi connectivity index (χ0n) is 14.1. The molecule has 2 heterocycles. The largest absolute Gasteiger partial charge is 0.417 e. The van der Waals surface area contributed by atoms with Crippen LogP contribution in [-0.4, -0.2) is 52.4 Å². The Morgan fingerprint density at radius 2 is 1.88 bits per heavy atom. The number of amides is 2. The smallest absolute Gasteiger partial charge is 0.380 e. The molecule has 0 aliphatic carbocycles. The number of carbonyl (C=O) groups excluding carboxylic acids is 1. The summed E-state index contributed by atoms with van der Waals surface area (Å²) in [5.74, 6) is 0. The first-order chi connectivity index (χ1) is 12.3. The van der Waals surface area contributed by atoms with E-state index in [2.05, 4.69) is 10.3 Å². The van der Waals surface area contributed by atoms with Gasteiger partial charge in [-0.25, -0.2) is 4.79 Å². The second kappa shape index (κ2) is 7.11. The minimum Gasteiger partial charge on any atom is -0.380 e. The number of likely N-dealkylation sites (tertiary alicyclic amines) is 1. The van der Waals surface area contributed by atoms with E-state index in [4.69, 9.17) is 0 Å². The van der Waals surface area contributed by atoms with E-state index in [1.54, 1.807) is 0 Å². The molecule has 1 aliphatic heterocycles. The molecular weight excluding hydrogens is 347 g/mol. The van der Waals surface area contributed by atoms with Crippen LogP contribution < -0.4 is 5.32 Å². The Bertz CT molecular complexity index is 787. The van der Waals surface area contributed by atoms with E-state index < -0.39 is 30.7 Å². The van der Waals surface area contributed by atoms with Gasteiger partial charge in [0.05, 0.1) is 5.52 Å². The van der Waals surface area contributed by atoms with Crippen molar-refractivity contribution in [3.63, 3.8) is 0 Å². The van der Waals surface area contributed by atoms with E-state index in [1.165, 1.54) is 4.90 Å². The minimum absolute atomic E-state index is 0.129. The lowest BCUT2D eigenvalue weighted by Gasteiger charge is -2.39. The van der Waals surface area contributed by atoms with Crippen LogP contribution in [0.4, 0.5) is 18.0 Å². The maximum absolute atomic E-state index is 12.8. The molecule has 0 spiro atoms. The number of nitrogens with one attached hydrogen (secondary N) is 1. The number of pyridine rings is 1. The van der Waals surface area contributed by atoms with Crippen molar-refractivity contribution in [3.8, 4) is 0 Å². The Morgan fingerprint density at radius 1 is 1.19 bits per heavy atom. The van der Waals surface area contributed by atoms with Crippen molar-refractivity contribution in [1.82, 2.24) is 15.2 Å². The highest BCUT2D eigenvalue weighted by atomic mass is 19.4. The number of halogens is 3. The van der Waals surface area contributed by atoms with Crippen molar-refractivity contribution in [2.75, 3.05) is 19.6 Å². The number of hydrogen-bond acceptors (Lipinski definition) is 3. The van der Waals surface area contributed by atoms with Crippen LogP contribution in [0.2, 0.25) is 0 Å². The third-order valence-electron chi connectivity index (χ3n) is 4.72. The first kappa shape index (κ1) is 18.4. The van der Waals surface area contributed by atoms with Gasteiger partial charge in [-0.3, -0.25) is 4.98 Å². The van der Waals surface area contributed by atoms with Gasteiger partial charge in [0.25, 0.3) is 0 Å². The van der Waals surface area contributed by atoms with Crippen molar-refractivity contribution in [1.29, 1.82) is 0 Å². The van der Waals surface area contributed by atoms with Crippen LogP contribution in [-0.2, 0) is 6.42 Å². The topological polar surface area (TPSA) is 65.5 Å². The van der Waals surface area contributed by atoms with Crippen molar-refractivity contribution in [3.05, 3.63) is 42.1 Å². The number of piperidine rings is 1. The molecule has 1 saturated heterocycles. The van der Waals surface area contributed by atoms with Crippen LogP contribution in [0.5, 0.6) is 0 Å². The highest BCUT2D eigenvalue weighted by Crippen LogP contribution is 2.38. The number of alkyl halides is 3. The van der Waals surface area contributed by atoms with Crippen molar-refractivity contribution < 1.29 is 23.1 Å². The van der Waals surface area contributed by atoms with Gasteiger partial charge in [-0.1, -0.05) is 24.3 Å². The molecule has 2 amide bonds. The van der Waals surface area contributed by atoms with E-state index in [1.807, 2.05) is 36.4 Å². The summed E-state index contributed by atoms with van der Waals surface area (Å²) in [7, 11) is 0. The minimum atomic E-state index is -4.67. The summed E-state index contributed by atoms with van der Waals surface area (Å²) in [5.41, 5.74) is -0.994. The third kappa shape index (κ3) is 3.90. The van der Waals surface area contributed by atoms with Gasteiger partial charge >= 0.3 is 12.2 Å². The van der Waals surface area contributed by atoms with Gasteiger partial charge in [0.2, 0.25) is 0 Å². The Balaban J connectivity index is 1.48. The van der Waals surface area contributed by atoms with Crippen LogP contribution in [0.15, 0.2) is 36.4 Å². The highest BCUT2D eigenvalue weighted by molar-refractivity contribution is 5.78. The monoisotopic (exact) mass is 367 g/mol. The number of aliphatic hydroxyl groups is 1. The molecular formula is C18H20F3N3O2. The fourth-order valence-electron chi connectivity index (χ4n) is 3.02. The quantitative estimate of drug-likeness (QED) is 0.877. The van der Waals surface area contributed by atoms with Gasteiger partial charge in [0, 0.05) is 50.0 Å². The molecule has 0 atom stereocenters. The SMILES string of the molecule is O=C(NCCc1ccc2ccccc2n1)N1CCC(O)(C(F)(F)F)CC1. The lowest BCUT2D eigenvalue weighted by Crippen LogP contribution is -2.55. The molecule has 1 aliphatic rings. The number of carbonyl (C=O) groups is 1. The Morgan fingerprint density at radius 3 is 2.58 bits per heavy atom. The zero-order valence-corrected chi connectivity index (χ0v) is 14.1. The van der Waals surface area contributed by atoms with E-state index >= 15 is 0 Å². The van der Waals surface area contributed by atoms with E-state index in [0.717, 1.165) is 16.6 Å². The molecule has 140 valence electrons. The molecule has 3 rings (SSSR count). The summed E-state index contributed by atoms with van der Waals surface area (Å²) in [5, 5.41) is 13.4. The second-order valence-electron chi connectivity index (χ2n) is 6.49. The predicted octanol–water partition coefficient (Wildman–Crippen LogP) is 2.88. The third-order valence-corrected chi connectivity index (χ3v) is 4.72. The first-order valence-corrected chi connectivity index (χ1v) is 8.45. The number of urea groups is 1. The van der Waals surface area contributed by atoms with Crippen molar-refractivity contribution in [2.45, 2.75) is 31.0 Å². The van der Waals surface area contributed by atoms with E-state index in [9.17, 15) is 23.1 Å². The number of hydrogen-bond donors (Lipinski definition) is 2. The summed E-state index contributed by atoms with van der Waals surface area (Å²) in [6.45, 7) is 0.0797. The number of rotatable bonds is 3. The fourth-order valence-corrected chi connectivity index (χ4v) is 3.02. The van der Waals surface area contributed by atoms with E-state index in [-0.39, 0.29) is 13.1 Å². The number of benzene rings is 1. The Labute approximate surface area is 148 Å². The summed E-state index contributed by atoms with van der Waals surface area (Å²) >= 11 is 0. The van der Waals surface area contributed by atoms with Crippen LogP contribution >= 0.6 is 0 Å². The average Bonchev–Trinajstić information content (AvgIpc) is 2.61. The van der Waals surface area contributed by atoms with Gasteiger partial charge in [0.1, 0.15) is 0 Å². The molecule has 1 fully saturated rings. The zero-order chi connectivity index (χ0) is 18.8. The Hall–Kier alpha value is -2.35. The number of para-hydroxylation sites is 1. The second-order valence-corrected chi connectivity index (χ2v) is 6.49. The summed E-state index contributed by atoms with van der Waals surface area (Å²) in [4.78, 5) is 17.9. The van der Waals surface area contributed by atoms with Crippen molar-refractivity contribution in [2.24, 2.45) is 0 Å². The summed E-state index contributed by atoms with van der Waals surface area (Å²) in [6, 6.07) is 11.1. The molecule has 8 heteroatoms. The predicted molar refractivity (Wildman–Crippen MR) is 90.7 cm³/mol. The van der Waals surface area contributed by atoms with E-state index in [0.29, 0.717) is 13.0 Å². The average molecular weight is 367 g/mol. The maximum Gasteiger partial charge on any atom is 0.417 e. The molecule has 0 bridgehead atoms. The van der Waals surface area contributed by atoms with Gasteiger partial charge in [-0.05, 0) is 12.1 Å². The molecule has 26 heavy (non-hydrogen) atoms. The van der Waals surface area contributed by atoms with Gasteiger partial charge in [-0.2, -0.15) is 13.2 Å². The first-order valence-electron chi connectivity index (χ1n) is 8.45. The lowest BCUT2D eigenvalue weighted by atomic mass is 9.91. The van der Waals surface area contributed by atoms with Crippen LogP contribution in [0, 0.1) is 0 Å². The molecule has 2 N–H and O–H groups in total. The normalized spacial score (nSPS) is 17.3. The molecule has 2 aromatic rings. The van der Waals surface area contributed by atoms with Gasteiger partial charge < -0.3 is 15.3 Å². The Kier molecular flexibility index (Phi) is 5.04. The lowest BCUT2D eigenvalue weighted by molar-refractivity contribution is -0.271. The molecule has 1 aromatic heterocycles. The fraction of sp³-hybridized carbons (Fsp3) is 0.444. The molecule has 1 aromatic carbocycles. The summed E-state index contributed by atoms with van der Waals surface area (Å²) < 4.78 is 38.3. The van der Waals surface area contributed by atoms with Crippen LogP contribution in [0.3, 0.4) is 0 Å².